The molecule has 0 aromatic carbocycles. The lowest BCUT2D eigenvalue weighted by atomic mass is 10.2. The van der Waals surface area contributed by atoms with E-state index in [1.807, 2.05) is 36.4 Å². The van der Waals surface area contributed by atoms with Crippen LogP contribution in [0.1, 0.15) is 0 Å². The van der Waals surface area contributed by atoms with Gasteiger partial charge in [0.2, 0.25) is 0 Å². The molecule has 0 bridgehead atoms. The average Bonchev–Trinajstić information content (AvgIpc) is 2.49. The van der Waals surface area contributed by atoms with Crippen molar-refractivity contribution in [3.05, 3.63) is 61.2 Å². The van der Waals surface area contributed by atoms with Crippen LogP contribution in [0.15, 0.2) is 61.2 Å². The van der Waals surface area contributed by atoms with Crippen LogP contribution in [0.3, 0.4) is 0 Å². The Bertz CT molecular complexity index is 562. The SMILES string of the molecule is c1ccc(-c2cnc(-c3ccccn3)nc2)nc1. The van der Waals surface area contributed by atoms with E-state index in [0.29, 0.717) is 5.82 Å². The topological polar surface area (TPSA) is 51.6 Å². The summed E-state index contributed by atoms with van der Waals surface area (Å²) < 4.78 is 0. The van der Waals surface area contributed by atoms with Crippen LogP contribution in [-0.4, -0.2) is 19.9 Å². The summed E-state index contributed by atoms with van der Waals surface area (Å²) in [7, 11) is 0. The molecule has 0 saturated heterocycles. The van der Waals surface area contributed by atoms with E-state index in [4.69, 9.17) is 0 Å². The molecule has 0 atom stereocenters. The molecule has 18 heavy (non-hydrogen) atoms. The van der Waals surface area contributed by atoms with Gasteiger partial charge in [0.1, 0.15) is 5.69 Å². The molecule has 0 fully saturated rings. The van der Waals surface area contributed by atoms with Gasteiger partial charge in [-0.3, -0.25) is 9.97 Å². The second-order valence-electron chi connectivity index (χ2n) is 3.73. The van der Waals surface area contributed by atoms with Crippen molar-refractivity contribution >= 4 is 0 Å². The van der Waals surface area contributed by atoms with Gasteiger partial charge >= 0.3 is 0 Å². The summed E-state index contributed by atoms with van der Waals surface area (Å²) in [6.07, 6.45) is 7.01. The lowest BCUT2D eigenvalue weighted by molar-refractivity contribution is 1.13. The number of pyridine rings is 2. The lowest BCUT2D eigenvalue weighted by Gasteiger charge is -2.01. The average molecular weight is 234 g/mol. The number of aromatic nitrogens is 4. The predicted octanol–water partition coefficient (Wildman–Crippen LogP) is 2.60. The van der Waals surface area contributed by atoms with Crippen LogP contribution in [0.2, 0.25) is 0 Å². The van der Waals surface area contributed by atoms with E-state index in [9.17, 15) is 0 Å². The van der Waals surface area contributed by atoms with Crippen LogP contribution in [0.5, 0.6) is 0 Å². The van der Waals surface area contributed by atoms with Crippen molar-refractivity contribution in [3.8, 4) is 22.8 Å². The summed E-state index contributed by atoms with van der Waals surface area (Å²) in [6, 6.07) is 11.4. The van der Waals surface area contributed by atoms with Gasteiger partial charge in [0.05, 0.1) is 5.69 Å². The number of nitrogens with zero attached hydrogens (tertiary/aromatic N) is 4. The van der Waals surface area contributed by atoms with E-state index in [-0.39, 0.29) is 0 Å². The Hall–Kier alpha value is -2.62. The fraction of sp³-hybridized carbons (Fsp3) is 0. The van der Waals surface area contributed by atoms with Crippen molar-refractivity contribution in [1.29, 1.82) is 0 Å². The first-order valence-corrected chi connectivity index (χ1v) is 5.58. The van der Waals surface area contributed by atoms with Crippen molar-refractivity contribution in [3.63, 3.8) is 0 Å². The minimum absolute atomic E-state index is 0.621. The Labute approximate surface area is 104 Å². The lowest BCUT2D eigenvalue weighted by Crippen LogP contribution is -1.92. The van der Waals surface area contributed by atoms with E-state index in [2.05, 4.69) is 19.9 Å². The van der Waals surface area contributed by atoms with E-state index in [0.717, 1.165) is 17.0 Å². The number of hydrogen-bond acceptors (Lipinski definition) is 4. The molecule has 0 unspecified atom stereocenters. The van der Waals surface area contributed by atoms with Gasteiger partial charge in [0.25, 0.3) is 0 Å². The van der Waals surface area contributed by atoms with Gasteiger partial charge < -0.3 is 0 Å². The van der Waals surface area contributed by atoms with Crippen LogP contribution in [-0.2, 0) is 0 Å². The normalized spacial score (nSPS) is 10.2. The van der Waals surface area contributed by atoms with Crippen LogP contribution in [0.25, 0.3) is 22.8 Å². The van der Waals surface area contributed by atoms with E-state index in [1.165, 1.54) is 0 Å². The quantitative estimate of drug-likeness (QED) is 0.684. The van der Waals surface area contributed by atoms with Crippen molar-refractivity contribution < 1.29 is 0 Å². The van der Waals surface area contributed by atoms with Gasteiger partial charge in [0, 0.05) is 30.4 Å². The first-order chi connectivity index (χ1) is 8.93. The highest BCUT2D eigenvalue weighted by Gasteiger charge is 2.03. The van der Waals surface area contributed by atoms with Gasteiger partial charge in [0.15, 0.2) is 5.82 Å². The zero-order valence-corrected chi connectivity index (χ0v) is 9.56. The monoisotopic (exact) mass is 234 g/mol. The minimum Gasteiger partial charge on any atom is -0.256 e. The van der Waals surface area contributed by atoms with Crippen LogP contribution in [0, 0.1) is 0 Å². The van der Waals surface area contributed by atoms with Crippen molar-refractivity contribution in [2.75, 3.05) is 0 Å². The zero-order chi connectivity index (χ0) is 12.2. The molecule has 0 spiro atoms. The van der Waals surface area contributed by atoms with Crippen LogP contribution in [0.4, 0.5) is 0 Å². The van der Waals surface area contributed by atoms with Gasteiger partial charge in [-0.15, -0.1) is 0 Å². The highest BCUT2D eigenvalue weighted by atomic mass is 14.9. The predicted molar refractivity (Wildman–Crippen MR) is 68.5 cm³/mol. The fourth-order valence-electron chi connectivity index (χ4n) is 1.62. The number of rotatable bonds is 2. The molecule has 0 aliphatic heterocycles. The molecule has 0 aliphatic carbocycles. The molecule has 0 radical (unpaired) electrons. The standard InChI is InChI=1S/C14H10N4/c1-3-7-15-12(5-1)11-9-17-14(18-10-11)13-6-2-4-8-16-13/h1-10H. The molecule has 3 rings (SSSR count). The molecule has 3 aromatic heterocycles. The fourth-order valence-corrected chi connectivity index (χ4v) is 1.62. The highest BCUT2D eigenvalue weighted by molar-refractivity contribution is 5.58. The maximum Gasteiger partial charge on any atom is 0.178 e. The van der Waals surface area contributed by atoms with Crippen molar-refractivity contribution in [2.24, 2.45) is 0 Å². The summed E-state index contributed by atoms with van der Waals surface area (Å²) in [4.78, 5) is 17.1. The molecule has 3 heterocycles. The second kappa shape index (κ2) is 4.71. The molecular weight excluding hydrogens is 224 g/mol. The molecule has 4 nitrogen and oxygen atoms in total. The summed E-state index contributed by atoms with van der Waals surface area (Å²) in [5.41, 5.74) is 2.53. The first kappa shape index (κ1) is 10.5. The Balaban J connectivity index is 1.95. The molecule has 0 N–H and O–H groups in total. The van der Waals surface area contributed by atoms with Gasteiger partial charge in [-0.2, -0.15) is 0 Å². The van der Waals surface area contributed by atoms with E-state index in [1.54, 1.807) is 24.8 Å². The summed E-state index contributed by atoms with van der Waals surface area (Å²) in [5, 5.41) is 0. The van der Waals surface area contributed by atoms with Crippen LogP contribution >= 0.6 is 0 Å². The zero-order valence-electron chi connectivity index (χ0n) is 9.56. The third-order valence-electron chi connectivity index (χ3n) is 2.51. The Morgan fingerprint density at radius 3 is 1.78 bits per heavy atom. The van der Waals surface area contributed by atoms with Crippen molar-refractivity contribution in [1.82, 2.24) is 19.9 Å². The van der Waals surface area contributed by atoms with Crippen molar-refractivity contribution in [2.45, 2.75) is 0 Å². The molecular formula is C14H10N4. The number of hydrogen-bond donors (Lipinski definition) is 0. The molecule has 0 saturated carbocycles. The summed E-state index contributed by atoms with van der Waals surface area (Å²) in [6.45, 7) is 0. The maximum atomic E-state index is 4.31. The molecule has 0 aliphatic rings. The second-order valence-corrected chi connectivity index (χ2v) is 3.73. The maximum absolute atomic E-state index is 4.31. The summed E-state index contributed by atoms with van der Waals surface area (Å²) in [5.74, 6) is 0.621. The van der Waals surface area contributed by atoms with Gasteiger partial charge in [-0.1, -0.05) is 12.1 Å². The molecule has 86 valence electrons. The Morgan fingerprint density at radius 1 is 0.611 bits per heavy atom. The third kappa shape index (κ3) is 2.08. The highest BCUT2D eigenvalue weighted by Crippen LogP contribution is 2.16. The van der Waals surface area contributed by atoms with Gasteiger partial charge in [-0.25, -0.2) is 9.97 Å². The van der Waals surface area contributed by atoms with E-state index < -0.39 is 0 Å². The summed E-state index contributed by atoms with van der Waals surface area (Å²) >= 11 is 0. The Kier molecular flexibility index (Phi) is 2.75. The van der Waals surface area contributed by atoms with Gasteiger partial charge in [-0.05, 0) is 24.3 Å². The van der Waals surface area contributed by atoms with E-state index >= 15 is 0 Å². The largest absolute Gasteiger partial charge is 0.256 e. The smallest absolute Gasteiger partial charge is 0.178 e. The Morgan fingerprint density at radius 2 is 1.22 bits per heavy atom. The van der Waals surface area contributed by atoms with Crippen LogP contribution < -0.4 is 0 Å². The minimum atomic E-state index is 0.621. The molecule has 0 amide bonds. The molecule has 3 aromatic rings. The molecule has 4 heteroatoms. The third-order valence-corrected chi connectivity index (χ3v) is 2.51. The first-order valence-electron chi connectivity index (χ1n) is 5.58.